The van der Waals surface area contributed by atoms with E-state index in [1.165, 1.54) is 0 Å². The molecule has 26 heavy (non-hydrogen) atoms. The van der Waals surface area contributed by atoms with Gasteiger partial charge in [-0.3, -0.25) is 14.9 Å². The molecule has 0 radical (unpaired) electrons. The SMILES string of the molecule is O=C(O)C[C@H](NC(=O)OCc1ccccc1)c1ccc([N+](=O)[O-])cc1F. The Kier molecular flexibility index (Phi) is 6.20. The molecule has 0 bridgehead atoms. The number of ether oxygens (including phenoxy) is 1. The van der Waals surface area contributed by atoms with Gasteiger partial charge in [-0.1, -0.05) is 30.3 Å². The topological polar surface area (TPSA) is 119 Å². The molecule has 0 heterocycles. The molecule has 2 aromatic rings. The minimum Gasteiger partial charge on any atom is -0.481 e. The fourth-order valence-electron chi connectivity index (χ4n) is 2.23. The maximum absolute atomic E-state index is 14.1. The van der Waals surface area contributed by atoms with Crippen molar-refractivity contribution in [3.63, 3.8) is 0 Å². The van der Waals surface area contributed by atoms with Crippen LogP contribution in [0.2, 0.25) is 0 Å². The first-order chi connectivity index (χ1) is 12.4. The quantitative estimate of drug-likeness (QED) is 0.577. The fraction of sp³-hybridized carbons (Fsp3) is 0.176. The van der Waals surface area contributed by atoms with Crippen molar-refractivity contribution >= 4 is 17.7 Å². The van der Waals surface area contributed by atoms with Crippen LogP contribution < -0.4 is 5.32 Å². The number of carboxylic acid groups (broad SMARTS) is 1. The number of aliphatic carboxylic acids is 1. The predicted molar refractivity (Wildman–Crippen MR) is 87.8 cm³/mol. The van der Waals surface area contributed by atoms with E-state index in [4.69, 9.17) is 9.84 Å². The van der Waals surface area contributed by atoms with Crippen molar-refractivity contribution in [3.05, 3.63) is 75.6 Å². The number of amides is 1. The molecule has 1 atom stereocenters. The Hall–Kier alpha value is -3.49. The summed E-state index contributed by atoms with van der Waals surface area (Å²) in [5, 5.41) is 21.9. The van der Waals surface area contributed by atoms with Gasteiger partial charge in [-0.05, 0) is 11.6 Å². The molecular formula is C17H15FN2O6. The van der Waals surface area contributed by atoms with Gasteiger partial charge < -0.3 is 15.2 Å². The van der Waals surface area contributed by atoms with Gasteiger partial charge in [0.05, 0.1) is 23.5 Å². The van der Waals surface area contributed by atoms with Crippen LogP contribution in [0.4, 0.5) is 14.9 Å². The average Bonchev–Trinajstić information content (AvgIpc) is 2.59. The number of nitro groups is 1. The summed E-state index contributed by atoms with van der Waals surface area (Å²) in [6.45, 7) is -0.0464. The minimum atomic E-state index is -1.28. The number of nitro benzene ring substituents is 1. The molecule has 8 nitrogen and oxygen atoms in total. The number of non-ortho nitro benzene ring substituents is 1. The highest BCUT2D eigenvalue weighted by Crippen LogP contribution is 2.24. The average molecular weight is 362 g/mol. The van der Waals surface area contributed by atoms with Crippen molar-refractivity contribution in [1.29, 1.82) is 0 Å². The number of benzene rings is 2. The minimum absolute atomic E-state index is 0.0464. The zero-order valence-corrected chi connectivity index (χ0v) is 13.4. The number of rotatable bonds is 7. The van der Waals surface area contributed by atoms with E-state index in [0.29, 0.717) is 6.07 Å². The van der Waals surface area contributed by atoms with E-state index in [2.05, 4.69) is 5.32 Å². The number of halogens is 1. The summed E-state index contributed by atoms with van der Waals surface area (Å²) in [5.74, 6) is -2.27. The second-order valence-electron chi connectivity index (χ2n) is 5.32. The molecule has 2 rings (SSSR count). The maximum Gasteiger partial charge on any atom is 0.407 e. The van der Waals surface area contributed by atoms with E-state index in [0.717, 1.165) is 17.7 Å². The summed E-state index contributed by atoms with van der Waals surface area (Å²) in [6.07, 6.45) is -1.55. The molecule has 2 aromatic carbocycles. The number of hydrogen-bond acceptors (Lipinski definition) is 5. The van der Waals surface area contributed by atoms with Crippen LogP contribution >= 0.6 is 0 Å². The van der Waals surface area contributed by atoms with Crippen LogP contribution in [-0.4, -0.2) is 22.1 Å². The molecule has 2 N–H and O–H groups in total. The zero-order chi connectivity index (χ0) is 19.1. The van der Waals surface area contributed by atoms with E-state index in [-0.39, 0.29) is 12.2 Å². The largest absolute Gasteiger partial charge is 0.481 e. The van der Waals surface area contributed by atoms with E-state index >= 15 is 0 Å². The number of alkyl carbamates (subject to hydrolysis) is 1. The Morgan fingerprint density at radius 1 is 1.23 bits per heavy atom. The maximum atomic E-state index is 14.1. The summed E-state index contributed by atoms with van der Waals surface area (Å²) in [5.41, 5.74) is 0.0561. The third kappa shape index (κ3) is 5.26. The molecule has 136 valence electrons. The van der Waals surface area contributed by atoms with Crippen LogP contribution in [0.15, 0.2) is 48.5 Å². The molecule has 0 saturated carbocycles. The second kappa shape index (κ2) is 8.56. The highest BCUT2D eigenvalue weighted by atomic mass is 19.1. The first-order valence-electron chi connectivity index (χ1n) is 7.49. The van der Waals surface area contributed by atoms with Crippen LogP contribution in [-0.2, 0) is 16.1 Å². The Morgan fingerprint density at radius 3 is 2.50 bits per heavy atom. The van der Waals surface area contributed by atoms with Gasteiger partial charge in [-0.15, -0.1) is 0 Å². The Morgan fingerprint density at radius 2 is 1.92 bits per heavy atom. The smallest absolute Gasteiger partial charge is 0.407 e. The monoisotopic (exact) mass is 362 g/mol. The van der Waals surface area contributed by atoms with Gasteiger partial charge in [-0.2, -0.15) is 0 Å². The number of carbonyl (C=O) groups excluding carboxylic acids is 1. The third-order valence-corrected chi connectivity index (χ3v) is 3.45. The number of carbonyl (C=O) groups is 2. The van der Waals surface area contributed by atoms with Gasteiger partial charge in [0.25, 0.3) is 5.69 Å². The lowest BCUT2D eigenvalue weighted by atomic mass is 10.0. The third-order valence-electron chi connectivity index (χ3n) is 3.45. The lowest BCUT2D eigenvalue weighted by molar-refractivity contribution is -0.385. The summed E-state index contributed by atoms with van der Waals surface area (Å²) in [6, 6.07) is 10.3. The standard InChI is InChI=1S/C17H15FN2O6/c18-14-8-12(20(24)25)6-7-13(14)15(9-16(21)22)19-17(23)26-10-11-4-2-1-3-5-11/h1-8,15H,9-10H2,(H,19,23)(H,21,22)/t15-/m0/s1. The lowest BCUT2D eigenvalue weighted by Crippen LogP contribution is -2.31. The molecule has 0 aliphatic carbocycles. The lowest BCUT2D eigenvalue weighted by Gasteiger charge is -2.18. The molecule has 9 heteroatoms. The summed E-state index contributed by atoms with van der Waals surface area (Å²) in [4.78, 5) is 32.8. The van der Waals surface area contributed by atoms with Crippen molar-refractivity contribution in [3.8, 4) is 0 Å². The van der Waals surface area contributed by atoms with Crippen LogP contribution in [0.1, 0.15) is 23.6 Å². The molecule has 0 aromatic heterocycles. The summed E-state index contributed by atoms with van der Waals surface area (Å²) < 4.78 is 19.1. The highest BCUT2D eigenvalue weighted by molar-refractivity contribution is 5.72. The number of nitrogens with zero attached hydrogens (tertiary/aromatic N) is 1. The van der Waals surface area contributed by atoms with Gasteiger partial charge >= 0.3 is 12.1 Å². The van der Waals surface area contributed by atoms with E-state index in [9.17, 15) is 24.1 Å². The first kappa shape index (κ1) is 18.8. The van der Waals surface area contributed by atoms with Gasteiger partial charge in [0.1, 0.15) is 12.4 Å². The molecule has 0 aliphatic heterocycles. The zero-order valence-electron chi connectivity index (χ0n) is 13.4. The Balaban J connectivity index is 2.10. The molecule has 1 amide bonds. The van der Waals surface area contributed by atoms with Crippen molar-refractivity contribution in [1.82, 2.24) is 5.32 Å². The predicted octanol–water partition coefficient (Wildman–Crippen LogP) is 3.18. The normalized spacial score (nSPS) is 11.4. The molecule has 0 aliphatic rings. The van der Waals surface area contributed by atoms with E-state index < -0.39 is 41.0 Å². The van der Waals surface area contributed by atoms with Crippen molar-refractivity contribution in [2.45, 2.75) is 19.1 Å². The first-order valence-corrected chi connectivity index (χ1v) is 7.49. The molecule has 0 unspecified atom stereocenters. The fourth-order valence-corrected chi connectivity index (χ4v) is 2.23. The number of hydrogen-bond donors (Lipinski definition) is 2. The van der Waals surface area contributed by atoms with Crippen molar-refractivity contribution in [2.75, 3.05) is 0 Å². The number of nitrogens with one attached hydrogen (secondary N) is 1. The van der Waals surface area contributed by atoms with Crippen molar-refractivity contribution < 1.29 is 28.7 Å². The molecule has 0 saturated heterocycles. The van der Waals surface area contributed by atoms with Crippen molar-refractivity contribution in [2.24, 2.45) is 0 Å². The van der Waals surface area contributed by atoms with E-state index in [1.807, 2.05) is 0 Å². The number of carboxylic acids is 1. The Bertz CT molecular complexity index is 812. The highest BCUT2D eigenvalue weighted by Gasteiger charge is 2.23. The Labute approximate surface area is 147 Å². The molecular weight excluding hydrogens is 347 g/mol. The van der Waals surface area contributed by atoms with Crippen LogP contribution in [0.5, 0.6) is 0 Å². The summed E-state index contributed by atoms with van der Waals surface area (Å²) >= 11 is 0. The van der Waals surface area contributed by atoms with Gasteiger partial charge in [0, 0.05) is 11.6 Å². The second-order valence-corrected chi connectivity index (χ2v) is 5.32. The van der Waals surface area contributed by atoms with Gasteiger partial charge in [-0.25, -0.2) is 9.18 Å². The van der Waals surface area contributed by atoms with Crippen LogP contribution in [0.25, 0.3) is 0 Å². The van der Waals surface area contributed by atoms with E-state index in [1.54, 1.807) is 30.3 Å². The van der Waals surface area contributed by atoms with Crippen LogP contribution in [0.3, 0.4) is 0 Å². The van der Waals surface area contributed by atoms with Crippen LogP contribution in [0, 0.1) is 15.9 Å². The summed E-state index contributed by atoms with van der Waals surface area (Å²) in [7, 11) is 0. The van der Waals surface area contributed by atoms with Gasteiger partial charge in [0.2, 0.25) is 0 Å². The molecule has 0 fully saturated rings. The molecule has 0 spiro atoms. The van der Waals surface area contributed by atoms with Gasteiger partial charge in [0.15, 0.2) is 0 Å².